The van der Waals surface area contributed by atoms with Crippen LogP contribution in [0.5, 0.6) is 0 Å². The summed E-state index contributed by atoms with van der Waals surface area (Å²) in [7, 11) is 0. The van der Waals surface area contributed by atoms with E-state index in [1.165, 1.54) is 0 Å². The van der Waals surface area contributed by atoms with E-state index in [4.69, 9.17) is 28.4 Å². The van der Waals surface area contributed by atoms with Crippen LogP contribution in [0, 0.1) is 50.7 Å². The first-order valence-corrected chi connectivity index (χ1v) is 18.6. The molecule has 270 valence electrons. The van der Waals surface area contributed by atoms with Gasteiger partial charge in [-0.25, -0.2) is 0 Å². The third kappa shape index (κ3) is 3.74. The number of esters is 1. The molecule has 4 aliphatic heterocycles. The zero-order valence-corrected chi connectivity index (χ0v) is 29.5. The predicted octanol–water partition coefficient (Wildman–Crippen LogP) is 3.03. The molecule has 5 saturated carbocycles. The fourth-order valence-electron chi connectivity index (χ4n) is 14.6. The fraction of sp³-hybridized carbons (Fsp3) is 0.973. The van der Waals surface area contributed by atoms with Gasteiger partial charge >= 0.3 is 5.97 Å². The Morgan fingerprint density at radius 1 is 0.833 bits per heavy atom. The minimum atomic E-state index is -1.31. The second-order valence-electron chi connectivity index (χ2n) is 18.9. The number of hydrogen-bond donors (Lipinski definition) is 4. The van der Waals surface area contributed by atoms with Crippen LogP contribution in [0.25, 0.3) is 0 Å². The van der Waals surface area contributed by atoms with Gasteiger partial charge in [0, 0.05) is 18.8 Å². The van der Waals surface area contributed by atoms with Gasteiger partial charge in [0.2, 0.25) is 5.79 Å². The topological polar surface area (TPSA) is 157 Å². The maximum Gasteiger partial charge on any atom is 0.302 e. The van der Waals surface area contributed by atoms with Crippen LogP contribution in [0.15, 0.2) is 0 Å². The van der Waals surface area contributed by atoms with Crippen molar-refractivity contribution >= 4 is 5.97 Å². The van der Waals surface area contributed by atoms with Gasteiger partial charge in [0.15, 0.2) is 12.6 Å². The van der Waals surface area contributed by atoms with E-state index in [1.54, 1.807) is 6.92 Å². The summed E-state index contributed by atoms with van der Waals surface area (Å²) in [5.74, 6) is 0.0295. The first-order valence-electron chi connectivity index (χ1n) is 18.6. The summed E-state index contributed by atoms with van der Waals surface area (Å²) in [6, 6.07) is 0. The first kappa shape index (κ1) is 33.0. The Labute approximate surface area is 283 Å². The number of aliphatic hydroxyl groups is 4. The van der Waals surface area contributed by atoms with Crippen LogP contribution in [-0.2, 0) is 33.2 Å². The smallest absolute Gasteiger partial charge is 0.302 e. The molecule has 0 bridgehead atoms. The van der Waals surface area contributed by atoms with Gasteiger partial charge in [-0.15, -0.1) is 0 Å². The molecule has 3 spiro atoms. The highest BCUT2D eigenvalue weighted by Crippen LogP contribution is 2.89. The lowest BCUT2D eigenvalue weighted by Gasteiger charge is -2.65. The Hall–Kier alpha value is -0.890. The van der Waals surface area contributed by atoms with Crippen molar-refractivity contribution in [3.05, 3.63) is 0 Å². The quantitative estimate of drug-likeness (QED) is 0.198. The second-order valence-corrected chi connectivity index (χ2v) is 18.9. The lowest BCUT2D eigenvalue weighted by molar-refractivity contribution is -0.346. The number of carbonyl (C=O) groups excluding carboxylic acids is 1. The van der Waals surface area contributed by atoms with Crippen LogP contribution in [0.3, 0.4) is 0 Å². The lowest BCUT2D eigenvalue weighted by atomic mass is 9.41. The maximum absolute atomic E-state index is 12.9. The molecule has 4 N–H and O–H groups in total. The molecular weight excluding hydrogens is 620 g/mol. The number of hydrogen-bond acceptors (Lipinski definition) is 11. The van der Waals surface area contributed by atoms with Crippen molar-refractivity contribution < 1.29 is 53.6 Å². The van der Waals surface area contributed by atoms with Gasteiger partial charge in [-0.3, -0.25) is 4.79 Å². The number of carbonyl (C=O) groups is 1. The Balaban J connectivity index is 1.03. The van der Waals surface area contributed by atoms with Crippen molar-refractivity contribution in [2.24, 2.45) is 50.7 Å². The third-order valence-corrected chi connectivity index (χ3v) is 16.8. The Kier molecular flexibility index (Phi) is 6.70. The molecule has 11 heteroatoms. The van der Waals surface area contributed by atoms with E-state index >= 15 is 0 Å². The molecule has 0 aromatic carbocycles. The number of epoxide rings is 1. The number of fused-ring (bicyclic) bond motifs is 6. The van der Waals surface area contributed by atoms with Crippen molar-refractivity contribution in [3.63, 3.8) is 0 Å². The monoisotopic (exact) mass is 676 g/mol. The molecule has 19 atom stereocenters. The van der Waals surface area contributed by atoms with E-state index in [0.717, 1.165) is 44.9 Å². The van der Waals surface area contributed by atoms with E-state index < -0.39 is 42.3 Å². The van der Waals surface area contributed by atoms with Gasteiger partial charge in [0.1, 0.15) is 36.1 Å². The molecule has 0 radical (unpaired) electrons. The first-order chi connectivity index (χ1) is 22.4. The third-order valence-electron chi connectivity index (χ3n) is 16.8. The van der Waals surface area contributed by atoms with Gasteiger partial charge in [-0.2, -0.15) is 0 Å². The van der Waals surface area contributed by atoms with E-state index in [-0.39, 0.29) is 75.9 Å². The SMILES string of the molecule is CC(=O)O[C@@H]1C[C@@]23C[C@@]24CC[C@H](OC2OCC(O)C(O)C2O)C(C)(C)[C@@H]4CC[C@H]3[C@]2(C)C[C@@H]3O[C@]4(C[C@@H](C)[C@@H]3[C@@]12C)O[C@H](O)[C@@]1(C)O[C@@H]41. The van der Waals surface area contributed by atoms with E-state index in [2.05, 4.69) is 34.6 Å². The average Bonchev–Trinajstić information content (AvgIpc) is 3.84. The largest absolute Gasteiger partial charge is 0.462 e. The number of ether oxygens (including phenoxy) is 6. The van der Waals surface area contributed by atoms with E-state index in [1.807, 2.05) is 6.92 Å². The van der Waals surface area contributed by atoms with Crippen molar-refractivity contribution in [2.75, 3.05) is 6.61 Å². The van der Waals surface area contributed by atoms with Crippen molar-refractivity contribution in [3.8, 4) is 0 Å². The zero-order chi connectivity index (χ0) is 34.2. The van der Waals surface area contributed by atoms with E-state index in [9.17, 15) is 25.2 Å². The summed E-state index contributed by atoms with van der Waals surface area (Å²) in [5.41, 5.74) is -1.23. The molecule has 0 aromatic rings. The molecule has 0 aromatic heterocycles. The van der Waals surface area contributed by atoms with Gasteiger partial charge in [-0.1, -0.05) is 34.6 Å². The van der Waals surface area contributed by atoms with Crippen molar-refractivity contribution in [1.29, 1.82) is 0 Å². The number of rotatable bonds is 3. The van der Waals surface area contributed by atoms with E-state index in [0.29, 0.717) is 18.3 Å². The summed E-state index contributed by atoms with van der Waals surface area (Å²) in [4.78, 5) is 12.9. The molecule has 4 saturated heterocycles. The van der Waals surface area contributed by atoms with Crippen LogP contribution in [0.4, 0.5) is 0 Å². The van der Waals surface area contributed by atoms with Crippen molar-refractivity contribution in [2.45, 2.75) is 167 Å². The zero-order valence-electron chi connectivity index (χ0n) is 29.5. The maximum atomic E-state index is 12.9. The average molecular weight is 677 g/mol. The van der Waals surface area contributed by atoms with Crippen LogP contribution in [-0.4, -0.2) is 99.7 Å². The minimum Gasteiger partial charge on any atom is -0.462 e. The summed E-state index contributed by atoms with van der Waals surface area (Å²) in [6.07, 6.45) is 0.880. The highest BCUT2D eigenvalue weighted by Gasteiger charge is 2.87. The van der Waals surface area contributed by atoms with Gasteiger partial charge < -0.3 is 48.8 Å². The molecule has 5 aliphatic carbocycles. The fourth-order valence-corrected chi connectivity index (χ4v) is 14.6. The van der Waals surface area contributed by atoms with Crippen LogP contribution >= 0.6 is 0 Å². The standard InChI is InChI=1S/C37H56O11/c1-17-12-37(29-34(7,47-29)30(42)48-37)46-20-13-32(5)22-9-8-21-31(3,4)23(45-28-27(41)26(40)19(39)15-43-28)10-11-35(21)16-36(22,35)14-24(44-18(2)38)33(32,6)25(17)20/h17,19-30,39-42H,8-16H2,1-7H3/t17-,19?,20+,21+,22+,23+,24-,25+,26?,27?,28?,29-,30+,32+,33-,34+,35-,36+,37-/m1/s1. The Morgan fingerprint density at radius 3 is 2.23 bits per heavy atom. The molecule has 9 aliphatic rings. The van der Waals surface area contributed by atoms with Gasteiger partial charge in [0.05, 0.1) is 18.8 Å². The van der Waals surface area contributed by atoms with Crippen LogP contribution < -0.4 is 0 Å². The molecule has 11 nitrogen and oxygen atoms in total. The molecule has 0 amide bonds. The Bertz CT molecular complexity index is 1390. The van der Waals surface area contributed by atoms with Crippen molar-refractivity contribution in [1.82, 2.24) is 0 Å². The van der Waals surface area contributed by atoms with Gasteiger partial charge in [-0.05, 0) is 97.2 Å². The predicted molar refractivity (Wildman–Crippen MR) is 168 cm³/mol. The van der Waals surface area contributed by atoms with Crippen LogP contribution in [0.2, 0.25) is 0 Å². The second kappa shape index (κ2) is 9.75. The molecule has 4 heterocycles. The summed E-state index contributed by atoms with van der Waals surface area (Å²) in [5, 5.41) is 41.7. The number of aliphatic hydroxyl groups excluding tert-OH is 4. The minimum absolute atomic E-state index is 0.0420. The Morgan fingerprint density at radius 2 is 1.56 bits per heavy atom. The van der Waals surface area contributed by atoms with Gasteiger partial charge in [0.25, 0.3) is 0 Å². The lowest BCUT2D eigenvalue weighted by Crippen LogP contribution is -2.64. The summed E-state index contributed by atoms with van der Waals surface area (Å²) in [6.45, 7) is 15.1. The highest BCUT2D eigenvalue weighted by molar-refractivity contribution is 5.66. The summed E-state index contributed by atoms with van der Waals surface area (Å²) < 4.78 is 37.9. The molecule has 4 unspecified atom stereocenters. The highest BCUT2D eigenvalue weighted by atomic mass is 16.8. The molecule has 48 heavy (non-hydrogen) atoms. The molecular formula is C37H56O11. The normalized spacial score (nSPS) is 63.3. The molecule has 9 rings (SSSR count). The molecule has 9 fully saturated rings. The van der Waals surface area contributed by atoms with Crippen LogP contribution in [0.1, 0.15) is 99.8 Å². The summed E-state index contributed by atoms with van der Waals surface area (Å²) >= 11 is 0.